The summed E-state index contributed by atoms with van der Waals surface area (Å²) in [6.07, 6.45) is 12.1. The highest BCUT2D eigenvalue weighted by molar-refractivity contribution is 5.67. The molecule has 3 aromatic rings. The van der Waals surface area contributed by atoms with Crippen LogP contribution in [0.15, 0.2) is 60.9 Å². The van der Waals surface area contributed by atoms with Crippen molar-refractivity contribution in [2.24, 2.45) is 0 Å². The van der Waals surface area contributed by atoms with Gasteiger partial charge in [-0.25, -0.2) is 14.4 Å². The van der Waals surface area contributed by atoms with Gasteiger partial charge in [-0.3, -0.25) is 0 Å². The highest BCUT2D eigenvalue weighted by atomic mass is 19.1. The molecule has 0 spiro atoms. The van der Waals surface area contributed by atoms with Crippen LogP contribution in [0.2, 0.25) is 0 Å². The number of halogens is 1. The lowest BCUT2D eigenvalue weighted by Crippen LogP contribution is -2.13. The molecule has 0 saturated carbocycles. The average Bonchev–Trinajstić information content (AvgIpc) is 2.86. The first-order valence-corrected chi connectivity index (χ1v) is 12.5. The molecule has 0 unspecified atom stereocenters. The predicted molar refractivity (Wildman–Crippen MR) is 135 cm³/mol. The lowest BCUT2D eigenvalue weighted by molar-refractivity contribution is 0.183. The fourth-order valence-corrected chi connectivity index (χ4v) is 3.86. The number of nitrogens with zero attached hydrogens (tertiary/aromatic N) is 2. The Morgan fingerprint density at radius 1 is 0.727 bits per heavy atom. The van der Waals surface area contributed by atoms with Crippen molar-refractivity contribution in [1.82, 2.24) is 9.97 Å². The van der Waals surface area contributed by atoms with E-state index in [0.717, 1.165) is 37.7 Å². The van der Waals surface area contributed by atoms with E-state index in [-0.39, 0.29) is 6.61 Å². The van der Waals surface area contributed by atoms with E-state index in [2.05, 4.69) is 60.2 Å². The summed E-state index contributed by atoms with van der Waals surface area (Å²) in [6, 6.07) is 17.1. The molecular weight excluding hydrogens is 411 g/mol. The number of unbranched alkanes of at least 4 members (excludes halogenated alkanes) is 5. The zero-order chi connectivity index (χ0) is 23.3. The summed E-state index contributed by atoms with van der Waals surface area (Å²) in [7, 11) is 0. The third kappa shape index (κ3) is 8.27. The molecule has 1 atom stereocenters. The van der Waals surface area contributed by atoms with Gasteiger partial charge in [-0.2, -0.15) is 0 Å². The Morgan fingerprint density at radius 3 is 1.94 bits per heavy atom. The number of hydrogen-bond acceptors (Lipinski definition) is 3. The maximum atomic E-state index is 14.0. The van der Waals surface area contributed by atoms with Crippen molar-refractivity contribution >= 4 is 0 Å². The van der Waals surface area contributed by atoms with Crippen LogP contribution in [0.4, 0.5) is 4.39 Å². The SMILES string of the molecule is CCCCCC[C@H](F)COc1cnc(-c2ccc(-c3ccc(CCCCC)cc3)cc2)nc1. The molecule has 0 aliphatic heterocycles. The van der Waals surface area contributed by atoms with Gasteiger partial charge in [-0.15, -0.1) is 0 Å². The molecule has 0 saturated heterocycles. The topological polar surface area (TPSA) is 35.0 Å². The summed E-state index contributed by atoms with van der Waals surface area (Å²) in [5.74, 6) is 1.14. The van der Waals surface area contributed by atoms with Crippen LogP contribution in [0.1, 0.15) is 70.8 Å². The minimum absolute atomic E-state index is 0.0565. The molecule has 2 aromatic carbocycles. The van der Waals surface area contributed by atoms with Gasteiger partial charge in [0, 0.05) is 5.56 Å². The molecular formula is C29H37FN2O. The van der Waals surface area contributed by atoms with E-state index in [1.165, 1.54) is 36.0 Å². The van der Waals surface area contributed by atoms with Crippen LogP contribution in [0.25, 0.3) is 22.5 Å². The quantitative estimate of drug-likeness (QED) is 0.233. The zero-order valence-electron chi connectivity index (χ0n) is 20.1. The van der Waals surface area contributed by atoms with Gasteiger partial charge in [0.05, 0.1) is 12.4 Å². The molecule has 0 bridgehead atoms. The third-order valence-electron chi connectivity index (χ3n) is 5.93. The molecule has 1 aromatic heterocycles. The molecule has 0 radical (unpaired) electrons. The van der Waals surface area contributed by atoms with Crippen LogP contribution >= 0.6 is 0 Å². The van der Waals surface area contributed by atoms with Gasteiger partial charge in [0.2, 0.25) is 0 Å². The Bertz CT molecular complexity index is 923. The van der Waals surface area contributed by atoms with Crippen molar-refractivity contribution in [2.45, 2.75) is 77.8 Å². The molecule has 4 heteroatoms. The van der Waals surface area contributed by atoms with Crippen LogP contribution in [-0.2, 0) is 6.42 Å². The Morgan fingerprint density at radius 2 is 1.30 bits per heavy atom. The van der Waals surface area contributed by atoms with Crippen molar-refractivity contribution in [1.29, 1.82) is 0 Å². The standard InChI is InChI=1S/C29H37FN2O/c1-3-5-7-9-11-27(30)22-33-28-20-31-29(32-21-28)26-18-16-25(17-19-26)24-14-12-23(13-15-24)10-8-6-4-2/h12-21,27H,3-11,22H2,1-2H3/t27-/m0/s1. The smallest absolute Gasteiger partial charge is 0.159 e. The van der Waals surface area contributed by atoms with Gasteiger partial charge in [0.15, 0.2) is 11.6 Å². The monoisotopic (exact) mass is 448 g/mol. The maximum absolute atomic E-state index is 14.0. The van der Waals surface area contributed by atoms with Crippen molar-refractivity contribution in [3.05, 3.63) is 66.5 Å². The van der Waals surface area contributed by atoms with E-state index < -0.39 is 6.17 Å². The molecule has 176 valence electrons. The van der Waals surface area contributed by atoms with E-state index in [0.29, 0.717) is 18.0 Å². The Labute approximate surface area is 198 Å². The average molecular weight is 449 g/mol. The zero-order valence-corrected chi connectivity index (χ0v) is 20.1. The molecule has 0 aliphatic rings. The second kappa shape index (κ2) is 13.7. The summed E-state index contributed by atoms with van der Waals surface area (Å²) in [6.45, 7) is 4.45. The Hall–Kier alpha value is -2.75. The maximum Gasteiger partial charge on any atom is 0.159 e. The molecule has 0 aliphatic carbocycles. The fourth-order valence-electron chi connectivity index (χ4n) is 3.86. The molecule has 0 fully saturated rings. The van der Waals surface area contributed by atoms with Gasteiger partial charge >= 0.3 is 0 Å². The van der Waals surface area contributed by atoms with Crippen molar-refractivity contribution < 1.29 is 9.13 Å². The van der Waals surface area contributed by atoms with Gasteiger partial charge in [-0.1, -0.05) is 101 Å². The Balaban J connectivity index is 1.51. The van der Waals surface area contributed by atoms with Gasteiger partial charge in [0.1, 0.15) is 12.8 Å². The van der Waals surface area contributed by atoms with Crippen molar-refractivity contribution in [3.8, 4) is 28.3 Å². The molecule has 0 amide bonds. The highest BCUT2D eigenvalue weighted by Gasteiger charge is 2.09. The van der Waals surface area contributed by atoms with Gasteiger partial charge < -0.3 is 4.74 Å². The number of alkyl halides is 1. The molecule has 1 heterocycles. The van der Waals surface area contributed by atoms with Crippen LogP contribution in [0.5, 0.6) is 5.75 Å². The lowest BCUT2D eigenvalue weighted by Gasteiger charge is -2.10. The number of hydrogen-bond donors (Lipinski definition) is 0. The summed E-state index contributed by atoms with van der Waals surface area (Å²) >= 11 is 0. The summed E-state index contributed by atoms with van der Waals surface area (Å²) in [4.78, 5) is 8.81. The van der Waals surface area contributed by atoms with Crippen LogP contribution in [-0.4, -0.2) is 22.7 Å². The molecule has 0 N–H and O–H groups in total. The van der Waals surface area contributed by atoms with Crippen LogP contribution in [0, 0.1) is 0 Å². The first kappa shape index (κ1) is 24.9. The van der Waals surface area contributed by atoms with Crippen molar-refractivity contribution in [3.63, 3.8) is 0 Å². The second-order valence-electron chi connectivity index (χ2n) is 8.73. The molecule has 3 nitrogen and oxygen atoms in total. The van der Waals surface area contributed by atoms with Crippen molar-refractivity contribution in [2.75, 3.05) is 6.61 Å². The normalized spacial score (nSPS) is 12.0. The fraction of sp³-hybridized carbons (Fsp3) is 0.448. The number of ether oxygens (including phenoxy) is 1. The lowest BCUT2D eigenvalue weighted by atomic mass is 10.0. The minimum atomic E-state index is -0.945. The summed E-state index contributed by atoms with van der Waals surface area (Å²) in [5.41, 5.74) is 4.73. The van der Waals surface area contributed by atoms with E-state index in [4.69, 9.17) is 4.74 Å². The predicted octanol–water partition coefficient (Wildman–Crippen LogP) is 8.23. The van der Waals surface area contributed by atoms with E-state index in [1.807, 2.05) is 12.1 Å². The van der Waals surface area contributed by atoms with E-state index >= 15 is 0 Å². The highest BCUT2D eigenvalue weighted by Crippen LogP contribution is 2.24. The van der Waals surface area contributed by atoms with E-state index in [1.54, 1.807) is 12.4 Å². The number of benzene rings is 2. The largest absolute Gasteiger partial charge is 0.487 e. The van der Waals surface area contributed by atoms with Gasteiger partial charge in [0.25, 0.3) is 0 Å². The number of aryl methyl sites for hydroxylation is 1. The second-order valence-corrected chi connectivity index (χ2v) is 8.73. The summed E-state index contributed by atoms with van der Waals surface area (Å²) < 4.78 is 19.5. The van der Waals surface area contributed by atoms with Crippen LogP contribution < -0.4 is 4.74 Å². The summed E-state index contributed by atoms with van der Waals surface area (Å²) in [5, 5.41) is 0. The van der Waals surface area contributed by atoms with Gasteiger partial charge in [-0.05, 0) is 36.0 Å². The number of aromatic nitrogens is 2. The Kier molecular flexibility index (Phi) is 10.3. The molecule has 33 heavy (non-hydrogen) atoms. The molecule has 3 rings (SSSR count). The number of rotatable bonds is 14. The van der Waals surface area contributed by atoms with E-state index in [9.17, 15) is 4.39 Å². The minimum Gasteiger partial charge on any atom is -0.487 e. The first-order chi connectivity index (χ1) is 16.2. The third-order valence-corrected chi connectivity index (χ3v) is 5.93. The first-order valence-electron chi connectivity index (χ1n) is 12.5. The van der Waals surface area contributed by atoms with Crippen LogP contribution in [0.3, 0.4) is 0 Å².